The molecule has 1 aliphatic heterocycles. The summed E-state index contributed by atoms with van der Waals surface area (Å²) in [6.07, 6.45) is 7.53. The average Bonchev–Trinajstić information content (AvgIpc) is 2.96. The SMILES string of the molecule is CCCC(CN)(CCC)C(=O)NCCCN1CCCC1. The van der Waals surface area contributed by atoms with Crippen LogP contribution in [0.5, 0.6) is 0 Å². The Morgan fingerprint density at radius 2 is 1.80 bits per heavy atom. The van der Waals surface area contributed by atoms with Crippen LogP contribution in [-0.4, -0.2) is 43.5 Å². The van der Waals surface area contributed by atoms with E-state index in [0.717, 1.165) is 45.2 Å². The highest BCUT2D eigenvalue weighted by molar-refractivity contribution is 5.82. The summed E-state index contributed by atoms with van der Waals surface area (Å²) in [5, 5.41) is 3.12. The lowest BCUT2D eigenvalue weighted by molar-refractivity contribution is -0.131. The normalized spacial score (nSPS) is 16.6. The zero-order chi connectivity index (χ0) is 14.8. The Morgan fingerprint density at radius 3 is 2.30 bits per heavy atom. The van der Waals surface area contributed by atoms with Crippen LogP contribution in [0.15, 0.2) is 0 Å². The van der Waals surface area contributed by atoms with Crippen molar-refractivity contribution in [3.8, 4) is 0 Å². The fourth-order valence-corrected chi connectivity index (χ4v) is 3.30. The molecule has 0 unspecified atom stereocenters. The molecule has 0 spiro atoms. The molecule has 1 aliphatic rings. The zero-order valence-corrected chi connectivity index (χ0v) is 13.4. The van der Waals surface area contributed by atoms with Crippen molar-refractivity contribution in [1.82, 2.24) is 10.2 Å². The molecule has 0 bridgehead atoms. The first-order chi connectivity index (χ1) is 9.68. The smallest absolute Gasteiger partial charge is 0.227 e. The number of nitrogens with one attached hydrogen (secondary N) is 1. The molecule has 3 N–H and O–H groups in total. The van der Waals surface area contributed by atoms with Gasteiger partial charge in [0.25, 0.3) is 0 Å². The minimum Gasteiger partial charge on any atom is -0.356 e. The van der Waals surface area contributed by atoms with Crippen LogP contribution in [0, 0.1) is 5.41 Å². The number of likely N-dealkylation sites (tertiary alicyclic amines) is 1. The standard InChI is InChI=1S/C16H33N3O/c1-3-8-16(14-17,9-4-2)15(20)18-10-7-13-19-11-5-6-12-19/h3-14,17H2,1-2H3,(H,18,20). The highest BCUT2D eigenvalue weighted by Crippen LogP contribution is 2.29. The van der Waals surface area contributed by atoms with Crippen molar-refractivity contribution in [3.05, 3.63) is 0 Å². The minimum absolute atomic E-state index is 0.171. The highest BCUT2D eigenvalue weighted by atomic mass is 16.2. The molecule has 1 heterocycles. The second-order valence-electron chi connectivity index (χ2n) is 6.14. The van der Waals surface area contributed by atoms with E-state index in [9.17, 15) is 4.79 Å². The number of nitrogens with zero attached hydrogens (tertiary/aromatic N) is 1. The van der Waals surface area contributed by atoms with Crippen LogP contribution in [0.4, 0.5) is 0 Å². The molecule has 0 aromatic rings. The number of nitrogens with two attached hydrogens (primary N) is 1. The van der Waals surface area contributed by atoms with E-state index in [0.29, 0.717) is 6.54 Å². The molecule has 0 saturated carbocycles. The van der Waals surface area contributed by atoms with Gasteiger partial charge in [0.1, 0.15) is 0 Å². The highest BCUT2D eigenvalue weighted by Gasteiger charge is 2.34. The Balaban J connectivity index is 2.32. The van der Waals surface area contributed by atoms with Crippen LogP contribution in [0.1, 0.15) is 58.8 Å². The van der Waals surface area contributed by atoms with E-state index in [2.05, 4.69) is 24.1 Å². The van der Waals surface area contributed by atoms with Crippen LogP contribution in [0.2, 0.25) is 0 Å². The molecule has 0 radical (unpaired) electrons. The molecule has 0 aliphatic carbocycles. The summed E-state index contributed by atoms with van der Waals surface area (Å²) in [6, 6.07) is 0. The molecule has 0 atom stereocenters. The zero-order valence-electron chi connectivity index (χ0n) is 13.4. The first-order valence-corrected chi connectivity index (χ1v) is 8.39. The van der Waals surface area contributed by atoms with E-state index in [1.165, 1.54) is 25.9 Å². The second kappa shape index (κ2) is 9.35. The third-order valence-electron chi connectivity index (χ3n) is 4.46. The molecule has 0 aromatic heterocycles. The molecule has 1 fully saturated rings. The maximum atomic E-state index is 12.5. The van der Waals surface area contributed by atoms with Crippen LogP contribution >= 0.6 is 0 Å². The fourth-order valence-electron chi connectivity index (χ4n) is 3.30. The Hall–Kier alpha value is -0.610. The topological polar surface area (TPSA) is 58.4 Å². The Morgan fingerprint density at radius 1 is 1.20 bits per heavy atom. The van der Waals surface area contributed by atoms with E-state index in [1.807, 2.05) is 0 Å². The first-order valence-electron chi connectivity index (χ1n) is 8.39. The molecule has 1 amide bonds. The maximum Gasteiger partial charge on any atom is 0.227 e. The van der Waals surface area contributed by atoms with Crippen LogP contribution in [0.3, 0.4) is 0 Å². The predicted molar refractivity (Wildman–Crippen MR) is 84.6 cm³/mol. The Kier molecular flexibility index (Phi) is 8.15. The van der Waals surface area contributed by atoms with Crippen molar-refractivity contribution in [2.45, 2.75) is 58.8 Å². The molecule has 20 heavy (non-hydrogen) atoms. The van der Waals surface area contributed by atoms with Gasteiger partial charge in [-0.3, -0.25) is 4.79 Å². The molecule has 4 heteroatoms. The van der Waals surface area contributed by atoms with E-state index in [-0.39, 0.29) is 11.3 Å². The van der Waals surface area contributed by atoms with Crippen molar-refractivity contribution >= 4 is 5.91 Å². The summed E-state index contributed by atoms with van der Waals surface area (Å²) in [5.41, 5.74) is 5.58. The van der Waals surface area contributed by atoms with E-state index >= 15 is 0 Å². The van der Waals surface area contributed by atoms with E-state index in [4.69, 9.17) is 5.73 Å². The summed E-state index contributed by atoms with van der Waals surface area (Å²) in [5.74, 6) is 0.171. The summed E-state index contributed by atoms with van der Waals surface area (Å²) >= 11 is 0. The van der Waals surface area contributed by atoms with Crippen molar-refractivity contribution in [1.29, 1.82) is 0 Å². The van der Waals surface area contributed by atoms with Crippen LogP contribution in [0.25, 0.3) is 0 Å². The number of carbonyl (C=O) groups is 1. The Bertz CT molecular complexity index is 269. The lowest BCUT2D eigenvalue weighted by atomic mass is 9.78. The molecule has 118 valence electrons. The van der Waals surface area contributed by atoms with E-state index in [1.54, 1.807) is 0 Å². The van der Waals surface area contributed by atoms with Gasteiger partial charge in [-0.15, -0.1) is 0 Å². The van der Waals surface area contributed by atoms with Crippen molar-refractivity contribution in [2.75, 3.05) is 32.7 Å². The molecular formula is C16H33N3O. The van der Waals surface area contributed by atoms with Gasteiger partial charge >= 0.3 is 0 Å². The summed E-state index contributed by atoms with van der Waals surface area (Å²) in [7, 11) is 0. The summed E-state index contributed by atoms with van der Waals surface area (Å²) < 4.78 is 0. The van der Waals surface area contributed by atoms with Gasteiger partial charge in [-0.25, -0.2) is 0 Å². The number of hydrogen-bond donors (Lipinski definition) is 2. The van der Waals surface area contributed by atoms with Crippen molar-refractivity contribution in [2.24, 2.45) is 11.1 Å². The average molecular weight is 283 g/mol. The van der Waals surface area contributed by atoms with Gasteiger partial charge in [0.15, 0.2) is 0 Å². The molecule has 4 nitrogen and oxygen atoms in total. The lowest BCUT2D eigenvalue weighted by Crippen LogP contribution is -2.46. The third kappa shape index (κ3) is 5.06. The predicted octanol–water partition coefficient (Wildman–Crippen LogP) is 2.13. The maximum absolute atomic E-state index is 12.5. The van der Waals surface area contributed by atoms with Gasteiger partial charge in [0.05, 0.1) is 5.41 Å². The first kappa shape index (κ1) is 17.4. The second-order valence-corrected chi connectivity index (χ2v) is 6.14. The van der Waals surface area contributed by atoms with Crippen LogP contribution < -0.4 is 11.1 Å². The number of amides is 1. The molecule has 1 rings (SSSR count). The van der Waals surface area contributed by atoms with Gasteiger partial charge in [-0.1, -0.05) is 26.7 Å². The van der Waals surface area contributed by atoms with Crippen molar-refractivity contribution < 1.29 is 4.79 Å². The lowest BCUT2D eigenvalue weighted by Gasteiger charge is -2.30. The monoisotopic (exact) mass is 283 g/mol. The van der Waals surface area contributed by atoms with Gasteiger partial charge in [0.2, 0.25) is 5.91 Å². The van der Waals surface area contributed by atoms with Crippen LogP contribution in [-0.2, 0) is 4.79 Å². The van der Waals surface area contributed by atoms with Gasteiger partial charge in [-0.2, -0.15) is 0 Å². The largest absolute Gasteiger partial charge is 0.356 e. The van der Waals surface area contributed by atoms with E-state index < -0.39 is 0 Å². The summed E-state index contributed by atoms with van der Waals surface area (Å²) in [4.78, 5) is 15.0. The van der Waals surface area contributed by atoms with Crippen molar-refractivity contribution in [3.63, 3.8) is 0 Å². The quantitative estimate of drug-likeness (QED) is 0.604. The number of rotatable bonds is 10. The number of carbonyl (C=O) groups excluding carboxylic acids is 1. The molecular weight excluding hydrogens is 250 g/mol. The minimum atomic E-state index is -0.336. The fraction of sp³-hybridized carbons (Fsp3) is 0.938. The van der Waals surface area contributed by atoms with Gasteiger partial charge < -0.3 is 16.0 Å². The van der Waals surface area contributed by atoms with Gasteiger partial charge in [0, 0.05) is 13.1 Å². The summed E-state index contributed by atoms with van der Waals surface area (Å²) in [6.45, 7) is 9.06. The molecule has 1 saturated heterocycles. The number of hydrogen-bond acceptors (Lipinski definition) is 3. The Labute approximate surface area is 124 Å². The third-order valence-corrected chi connectivity index (χ3v) is 4.46. The molecule has 0 aromatic carbocycles. The van der Waals surface area contributed by atoms with Gasteiger partial charge in [-0.05, 0) is 51.7 Å².